The number of carbonyl (C=O) groups excluding carboxylic acids is 2. The highest BCUT2D eigenvalue weighted by atomic mass is 16.5. The number of benzene rings is 1. The number of fused-ring (bicyclic) bond motifs is 1. The average molecular weight is 357 g/mol. The predicted octanol–water partition coefficient (Wildman–Crippen LogP) is 2.84. The van der Waals surface area contributed by atoms with Gasteiger partial charge in [0.15, 0.2) is 0 Å². The van der Waals surface area contributed by atoms with E-state index in [0.717, 1.165) is 36.6 Å². The minimum Gasteiger partial charge on any atom is -0.459 e. The number of carbonyl (C=O) groups is 2. The fourth-order valence-electron chi connectivity index (χ4n) is 3.57. The van der Waals surface area contributed by atoms with E-state index in [9.17, 15) is 14.4 Å². The van der Waals surface area contributed by atoms with Crippen LogP contribution in [0.15, 0.2) is 33.5 Å². The fourth-order valence-corrected chi connectivity index (χ4v) is 3.57. The first-order valence-corrected chi connectivity index (χ1v) is 8.91. The molecule has 1 atom stereocenters. The zero-order valence-electron chi connectivity index (χ0n) is 15.0. The zero-order valence-corrected chi connectivity index (χ0v) is 15.0. The van der Waals surface area contributed by atoms with Crippen LogP contribution in [0.25, 0.3) is 11.0 Å². The summed E-state index contributed by atoms with van der Waals surface area (Å²) in [6, 6.07) is 6.24. The Kier molecular flexibility index (Phi) is 5.40. The molecule has 0 bridgehead atoms. The SMILES string of the molecule is CC(=O)NC(C(=O)OCc1cc(=O)oc2cc(C)ccc12)C1CCCC1. The Morgan fingerprint density at radius 1 is 1.27 bits per heavy atom. The highest BCUT2D eigenvalue weighted by molar-refractivity contribution is 5.84. The molecule has 1 amide bonds. The van der Waals surface area contributed by atoms with Crippen molar-refractivity contribution in [1.29, 1.82) is 0 Å². The van der Waals surface area contributed by atoms with Crippen molar-refractivity contribution in [3.63, 3.8) is 0 Å². The topological polar surface area (TPSA) is 85.6 Å². The molecule has 1 aromatic heterocycles. The van der Waals surface area contributed by atoms with Crippen LogP contribution in [-0.4, -0.2) is 17.9 Å². The number of hydrogen-bond donors (Lipinski definition) is 1. The molecule has 0 spiro atoms. The third kappa shape index (κ3) is 4.12. The first-order valence-electron chi connectivity index (χ1n) is 8.91. The minimum atomic E-state index is -0.636. The predicted molar refractivity (Wildman–Crippen MR) is 96.6 cm³/mol. The lowest BCUT2D eigenvalue weighted by Gasteiger charge is -2.22. The van der Waals surface area contributed by atoms with Crippen LogP contribution in [0.1, 0.15) is 43.7 Å². The molecule has 1 aliphatic carbocycles. The van der Waals surface area contributed by atoms with Gasteiger partial charge in [0, 0.05) is 23.9 Å². The van der Waals surface area contributed by atoms with Crippen molar-refractivity contribution in [3.05, 3.63) is 45.8 Å². The third-order valence-corrected chi connectivity index (χ3v) is 4.84. The van der Waals surface area contributed by atoms with Gasteiger partial charge >= 0.3 is 11.6 Å². The first-order chi connectivity index (χ1) is 12.4. The van der Waals surface area contributed by atoms with Crippen molar-refractivity contribution >= 4 is 22.8 Å². The molecule has 6 nitrogen and oxygen atoms in total. The second-order valence-electron chi connectivity index (χ2n) is 6.92. The van der Waals surface area contributed by atoms with Gasteiger partial charge in [0.1, 0.15) is 18.2 Å². The van der Waals surface area contributed by atoms with Gasteiger partial charge in [-0.15, -0.1) is 0 Å². The summed E-state index contributed by atoms with van der Waals surface area (Å²) >= 11 is 0. The number of hydrogen-bond acceptors (Lipinski definition) is 5. The number of amides is 1. The molecular formula is C20H23NO5. The van der Waals surface area contributed by atoms with Crippen molar-refractivity contribution in [2.45, 2.75) is 52.2 Å². The third-order valence-electron chi connectivity index (χ3n) is 4.84. The molecule has 138 valence electrons. The quantitative estimate of drug-likeness (QED) is 0.657. The van der Waals surface area contributed by atoms with Gasteiger partial charge in [-0.3, -0.25) is 4.79 Å². The molecule has 3 rings (SSSR count). The maximum absolute atomic E-state index is 12.6. The van der Waals surface area contributed by atoms with Gasteiger partial charge in [-0.05, 0) is 37.3 Å². The van der Waals surface area contributed by atoms with E-state index in [4.69, 9.17) is 9.15 Å². The number of ether oxygens (including phenoxy) is 1. The van der Waals surface area contributed by atoms with Gasteiger partial charge in [-0.2, -0.15) is 0 Å². The largest absolute Gasteiger partial charge is 0.459 e. The van der Waals surface area contributed by atoms with Gasteiger partial charge in [0.2, 0.25) is 5.91 Å². The number of aryl methyl sites for hydroxylation is 1. The Bertz CT molecular complexity index is 879. The summed E-state index contributed by atoms with van der Waals surface area (Å²) in [7, 11) is 0. The maximum atomic E-state index is 12.6. The molecule has 0 saturated heterocycles. The van der Waals surface area contributed by atoms with E-state index in [2.05, 4.69) is 5.32 Å². The molecule has 26 heavy (non-hydrogen) atoms. The van der Waals surface area contributed by atoms with Gasteiger partial charge in [0.05, 0.1) is 0 Å². The lowest BCUT2D eigenvalue weighted by molar-refractivity contribution is -0.150. The van der Waals surface area contributed by atoms with E-state index in [1.807, 2.05) is 19.1 Å². The second kappa shape index (κ2) is 7.72. The highest BCUT2D eigenvalue weighted by Crippen LogP contribution is 2.28. The Morgan fingerprint density at radius 2 is 2.00 bits per heavy atom. The van der Waals surface area contributed by atoms with Crippen LogP contribution in [0.5, 0.6) is 0 Å². The molecule has 0 radical (unpaired) electrons. The molecular weight excluding hydrogens is 334 g/mol. The Morgan fingerprint density at radius 3 is 2.69 bits per heavy atom. The monoisotopic (exact) mass is 357 g/mol. The standard InChI is InChI=1S/C20H23NO5/c1-12-7-8-16-15(10-18(23)26-17(16)9-12)11-25-20(24)19(21-13(2)22)14-5-3-4-6-14/h7-10,14,19H,3-6,11H2,1-2H3,(H,21,22). The molecule has 1 aromatic carbocycles. The summed E-state index contributed by atoms with van der Waals surface area (Å²) < 4.78 is 10.7. The Labute approximate surface area is 151 Å². The summed E-state index contributed by atoms with van der Waals surface area (Å²) in [4.78, 5) is 35.8. The van der Waals surface area contributed by atoms with Crippen LogP contribution >= 0.6 is 0 Å². The lowest BCUT2D eigenvalue weighted by Crippen LogP contribution is -2.45. The summed E-state index contributed by atoms with van der Waals surface area (Å²) in [6.45, 7) is 3.27. The summed E-state index contributed by atoms with van der Waals surface area (Å²) in [6.07, 6.45) is 3.91. The number of esters is 1. The van der Waals surface area contributed by atoms with Crippen molar-refractivity contribution in [2.75, 3.05) is 0 Å². The van der Waals surface area contributed by atoms with E-state index in [1.54, 1.807) is 6.07 Å². The van der Waals surface area contributed by atoms with Crippen LogP contribution in [0.3, 0.4) is 0 Å². The van der Waals surface area contributed by atoms with Crippen molar-refractivity contribution in [3.8, 4) is 0 Å². The zero-order chi connectivity index (χ0) is 18.7. The van der Waals surface area contributed by atoms with E-state index in [0.29, 0.717) is 11.1 Å². The van der Waals surface area contributed by atoms with E-state index < -0.39 is 17.6 Å². The Hall–Kier alpha value is -2.63. The molecule has 1 saturated carbocycles. The van der Waals surface area contributed by atoms with Gasteiger partial charge < -0.3 is 14.5 Å². The molecule has 0 aliphatic heterocycles. The smallest absolute Gasteiger partial charge is 0.336 e. The molecule has 2 aromatic rings. The number of rotatable bonds is 5. The van der Waals surface area contributed by atoms with Crippen LogP contribution in [-0.2, 0) is 20.9 Å². The molecule has 1 N–H and O–H groups in total. The van der Waals surface area contributed by atoms with Crippen molar-refractivity contribution < 1.29 is 18.7 Å². The Balaban J connectivity index is 1.78. The first kappa shape index (κ1) is 18.2. The van der Waals surface area contributed by atoms with Crippen LogP contribution in [0.4, 0.5) is 0 Å². The summed E-state index contributed by atoms with van der Waals surface area (Å²) in [5, 5.41) is 3.46. The number of nitrogens with one attached hydrogen (secondary N) is 1. The maximum Gasteiger partial charge on any atom is 0.336 e. The van der Waals surface area contributed by atoms with E-state index in [-0.39, 0.29) is 18.4 Å². The second-order valence-corrected chi connectivity index (χ2v) is 6.92. The van der Waals surface area contributed by atoms with Crippen LogP contribution < -0.4 is 10.9 Å². The van der Waals surface area contributed by atoms with Crippen molar-refractivity contribution in [1.82, 2.24) is 5.32 Å². The van der Waals surface area contributed by atoms with Gasteiger partial charge in [0.25, 0.3) is 0 Å². The summed E-state index contributed by atoms with van der Waals surface area (Å²) in [5.41, 5.74) is 1.56. The van der Waals surface area contributed by atoms with Crippen LogP contribution in [0.2, 0.25) is 0 Å². The van der Waals surface area contributed by atoms with Crippen LogP contribution in [0, 0.1) is 12.8 Å². The lowest BCUT2D eigenvalue weighted by atomic mass is 9.98. The molecule has 1 heterocycles. The fraction of sp³-hybridized carbons (Fsp3) is 0.450. The van der Waals surface area contributed by atoms with E-state index >= 15 is 0 Å². The summed E-state index contributed by atoms with van der Waals surface area (Å²) in [5.74, 6) is -0.604. The van der Waals surface area contributed by atoms with Crippen molar-refractivity contribution in [2.24, 2.45) is 5.92 Å². The molecule has 6 heteroatoms. The van der Waals surface area contributed by atoms with E-state index in [1.165, 1.54) is 13.0 Å². The molecule has 1 fully saturated rings. The van der Waals surface area contributed by atoms with Gasteiger partial charge in [-0.1, -0.05) is 25.0 Å². The highest BCUT2D eigenvalue weighted by Gasteiger charge is 2.32. The van der Waals surface area contributed by atoms with Gasteiger partial charge in [-0.25, -0.2) is 9.59 Å². The molecule has 1 aliphatic rings. The minimum absolute atomic E-state index is 0.0349. The molecule has 1 unspecified atom stereocenters. The normalized spacial score (nSPS) is 15.8. The average Bonchev–Trinajstić information content (AvgIpc) is 3.10.